The van der Waals surface area contributed by atoms with Crippen LogP contribution >= 0.6 is 0 Å². The van der Waals surface area contributed by atoms with Gasteiger partial charge >= 0.3 is 11.8 Å². The first-order chi connectivity index (χ1) is 7.70. The van der Waals surface area contributed by atoms with Gasteiger partial charge in [-0.2, -0.15) is 9.47 Å². The molecule has 0 saturated carbocycles. The first-order valence-corrected chi connectivity index (χ1v) is 5.57. The van der Waals surface area contributed by atoms with Crippen molar-refractivity contribution in [1.82, 2.24) is 0 Å². The lowest BCUT2D eigenvalue weighted by molar-refractivity contribution is -0.565. The van der Waals surface area contributed by atoms with Crippen molar-refractivity contribution in [3.8, 4) is 0 Å². The highest BCUT2D eigenvalue weighted by Gasteiger charge is 2.44. The smallest absolute Gasteiger partial charge is 0.246 e. The fourth-order valence-corrected chi connectivity index (χ4v) is 2.08. The van der Waals surface area contributed by atoms with E-state index in [0.717, 1.165) is 0 Å². The average molecular weight is 219 g/mol. The van der Waals surface area contributed by atoms with Gasteiger partial charge in [0.05, 0.1) is 12.7 Å². The zero-order valence-corrected chi connectivity index (χ0v) is 9.51. The Morgan fingerprint density at radius 3 is 2.69 bits per heavy atom. The molecule has 0 N–H and O–H groups in total. The third-order valence-corrected chi connectivity index (χ3v) is 2.94. The van der Waals surface area contributed by atoms with E-state index >= 15 is 0 Å². The van der Waals surface area contributed by atoms with Crippen molar-refractivity contribution in [2.45, 2.75) is 20.3 Å². The molecule has 1 amide bonds. The maximum Gasteiger partial charge on any atom is 0.329 e. The third-order valence-electron chi connectivity index (χ3n) is 2.94. The fraction of sp³-hybridized carbons (Fsp3) is 0.417. The van der Waals surface area contributed by atoms with Gasteiger partial charge in [0.25, 0.3) is 5.82 Å². The van der Waals surface area contributed by atoms with Crippen LogP contribution in [0.15, 0.2) is 24.4 Å². The van der Waals surface area contributed by atoms with Crippen LogP contribution in [-0.2, 0) is 4.79 Å². The molecule has 84 valence electrons. The Labute approximate surface area is 94.5 Å². The Morgan fingerprint density at radius 1 is 1.31 bits per heavy atom. The molecule has 0 aliphatic carbocycles. The molecule has 0 saturated heterocycles. The van der Waals surface area contributed by atoms with E-state index in [0.29, 0.717) is 18.8 Å². The molecular weight excluding hydrogens is 204 g/mol. The molecule has 1 atom stereocenters. The van der Waals surface area contributed by atoms with E-state index in [2.05, 4.69) is 0 Å². The highest BCUT2D eigenvalue weighted by atomic mass is 16.2. The largest absolute Gasteiger partial charge is 0.329 e. The van der Waals surface area contributed by atoms with Crippen molar-refractivity contribution in [3.05, 3.63) is 24.4 Å². The van der Waals surface area contributed by atoms with Gasteiger partial charge in [-0.3, -0.25) is 0 Å². The van der Waals surface area contributed by atoms with Crippen LogP contribution in [0.1, 0.15) is 25.1 Å². The lowest BCUT2D eigenvalue weighted by Gasteiger charge is -2.24. The van der Waals surface area contributed by atoms with Crippen molar-refractivity contribution >= 4 is 17.6 Å². The summed E-state index contributed by atoms with van der Waals surface area (Å²) in [7, 11) is 0. The quantitative estimate of drug-likeness (QED) is 0.550. The first-order valence-electron chi connectivity index (χ1n) is 5.57. The van der Waals surface area contributed by atoms with Crippen LogP contribution in [0.5, 0.6) is 0 Å². The highest BCUT2D eigenvalue weighted by Crippen LogP contribution is 2.19. The molecule has 4 nitrogen and oxygen atoms in total. The summed E-state index contributed by atoms with van der Waals surface area (Å²) >= 11 is 0. The van der Waals surface area contributed by atoms with Crippen LogP contribution in [0.25, 0.3) is 0 Å². The number of carbonyl (C=O) groups is 2. The SMILES string of the molecule is CCC1C(=O)N(CC)c2cccc[n+]2C1=O. The summed E-state index contributed by atoms with van der Waals surface area (Å²) in [5, 5.41) is 0. The standard InChI is InChI=1S/C12H15N2O2/c1-3-9-11(15)13(4-2)10-7-5-6-8-14(10)12(9)16/h5-9H,3-4H2,1-2H3/q+1. The zero-order chi connectivity index (χ0) is 11.7. The lowest BCUT2D eigenvalue weighted by atomic mass is 10.0. The number of amides is 1. The minimum absolute atomic E-state index is 0.0822. The highest BCUT2D eigenvalue weighted by molar-refractivity contribution is 6.07. The van der Waals surface area contributed by atoms with Crippen LogP contribution < -0.4 is 9.47 Å². The van der Waals surface area contributed by atoms with Crippen LogP contribution in [0.3, 0.4) is 0 Å². The van der Waals surface area contributed by atoms with E-state index in [1.54, 1.807) is 27.8 Å². The van der Waals surface area contributed by atoms with Crippen LogP contribution in [0, 0.1) is 5.92 Å². The maximum absolute atomic E-state index is 12.1. The van der Waals surface area contributed by atoms with Crippen LogP contribution in [0.4, 0.5) is 5.82 Å². The zero-order valence-electron chi connectivity index (χ0n) is 9.51. The molecule has 0 fully saturated rings. The number of hydrogen-bond donors (Lipinski definition) is 0. The second kappa shape index (κ2) is 4.04. The van der Waals surface area contributed by atoms with E-state index in [4.69, 9.17) is 0 Å². The minimum atomic E-state index is -0.528. The van der Waals surface area contributed by atoms with Crippen molar-refractivity contribution in [2.24, 2.45) is 5.92 Å². The molecule has 1 aromatic heterocycles. The fourth-order valence-electron chi connectivity index (χ4n) is 2.08. The van der Waals surface area contributed by atoms with Crippen molar-refractivity contribution in [2.75, 3.05) is 11.4 Å². The monoisotopic (exact) mass is 219 g/mol. The van der Waals surface area contributed by atoms with Gasteiger partial charge in [-0.1, -0.05) is 13.0 Å². The van der Waals surface area contributed by atoms with Gasteiger partial charge in [0.2, 0.25) is 0 Å². The van der Waals surface area contributed by atoms with E-state index in [-0.39, 0.29) is 11.8 Å². The Bertz CT molecular complexity index is 442. The summed E-state index contributed by atoms with van der Waals surface area (Å²) < 4.78 is 1.57. The Hall–Kier alpha value is -1.71. The second-order valence-corrected chi connectivity index (χ2v) is 3.81. The Kier molecular flexibility index (Phi) is 2.73. The molecule has 2 heterocycles. The number of hydrogen-bond acceptors (Lipinski definition) is 2. The van der Waals surface area contributed by atoms with Crippen molar-refractivity contribution < 1.29 is 14.2 Å². The summed E-state index contributed by atoms with van der Waals surface area (Å²) in [6.45, 7) is 4.37. The second-order valence-electron chi connectivity index (χ2n) is 3.81. The Balaban J connectivity index is 2.56. The van der Waals surface area contributed by atoms with Gasteiger partial charge in [0.1, 0.15) is 0 Å². The lowest BCUT2D eigenvalue weighted by Crippen LogP contribution is -2.60. The molecule has 0 spiro atoms. The number of anilines is 1. The normalized spacial score (nSPS) is 19.9. The predicted octanol–water partition coefficient (Wildman–Crippen LogP) is 1.01. The van der Waals surface area contributed by atoms with Gasteiger partial charge in [0, 0.05) is 6.07 Å². The summed E-state index contributed by atoms with van der Waals surface area (Å²) in [6.07, 6.45) is 2.27. The van der Waals surface area contributed by atoms with E-state index in [9.17, 15) is 9.59 Å². The molecule has 0 radical (unpaired) electrons. The molecule has 1 aliphatic heterocycles. The predicted molar refractivity (Wildman–Crippen MR) is 59.1 cm³/mol. The molecule has 0 bridgehead atoms. The summed E-state index contributed by atoms with van der Waals surface area (Å²) in [5.41, 5.74) is 0. The van der Waals surface area contributed by atoms with Gasteiger partial charge < -0.3 is 0 Å². The van der Waals surface area contributed by atoms with E-state index in [1.807, 2.05) is 19.9 Å². The Morgan fingerprint density at radius 2 is 2.06 bits per heavy atom. The topological polar surface area (TPSA) is 41.3 Å². The van der Waals surface area contributed by atoms with E-state index in [1.165, 1.54) is 0 Å². The molecule has 1 aromatic rings. The number of aromatic nitrogens is 1. The molecule has 1 aliphatic rings. The number of fused-ring (bicyclic) bond motifs is 1. The summed E-state index contributed by atoms with van der Waals surface area (Å²) in [6, 6.07) is 5.43. The molecular formula is C12H15N2O2+. The van der Waals surface area contributed by atoms with Gasteiger partial charge in [-0.15, -0.1) is 0 Å². The summed E-state index contributed by atoms with van der Waals surface area (Å²) in [4.78, 5) is 25.7. The van der Waals surface area contributed by atoms with Crippen LogP contribution in [0.2, 0.25) is 0 Å². The summed E-state index contributed by atoms with van der Waals surface area (Å²) in [5.74, 6) is -0.0569. The molecule has 1 unspecified atom stereocenters. The molecule has 4 heteroatoms. The first kappa shape index (κ1) is 10.8. The number of carbonyl (C=O) groups excluding carboxylic acids is 2. The van der Waals surface area contributed by atoms with Crippen molar-refractivity contribution in [3.63, 3.8) is 0 Å². The average Bonchev–Trinajstić information content (AvgIpc) is 2.30. The number of pyridine rings is 1. The van der Waals surface area contributed by atoms with E-state index < -0.39 is 5.92 Å². The molecule has 16 heavy (non-hydrogen) atoms. The number of rotatable bonds is 2. The van der Waals surface area contributed by atoms with Crippen LogP contribution in [-0.4, -0.2) is 18.4 Å². The molecule has 0 aromatic carbocycles. The number of nitrogens with zero attached hydrogens (tertiary/aromatic N) is 2. The van der Waals surface area contributed by atoms with Gasteiger partial charge in [0.15, 0.2) is 5.92 Å². The maximum atomic E-state index is 12.1. The minimum Gasteiger partial charge on any atom is -0.246 e. The third kappa shape index (κ3) is 1.41. The molecule has 2 rings (SSSR count). The van der Waals surface area contributed by atoms with Gasteiger partial charge in [-0.05, 0) is 19.4 Å². The van der Waals surface area contributed by atoms with Gasteiger partial charge in [-0.25, -0.2) is 9.59 Å². The van der Waals surface area contributed by atoms with Crippen molar-refractivity contribution in [1.29, 1.82) is 0 Å².